The summed E-state index contributed by atoms with van der Waals surface area (Å²) in [5.41, 5.74) is 2.49. The van der Waals surface area contributed by atoms with Crippen molar-refractivity contribution >= 4 is 6.09 Å². The molecule has 0 N–H and O–H groups in total. The van der Waals surface area contributed by atoms with Crippen molar-refractivity contribution in [3.05, 3.63) is 65.7 Å². The van der Waals surface area contributed by atoms with Gasteiger partial charge in [-0.2, -0.15) is 0 Å². The number of ether oxygens (including phenoxy) is 2. The first-order chi connectivity index (χ1) is 20.5. The molecule has 7 nitrogen and oxygen atoms in total. The van der Waals surface area contributed by atoms with E-state index in [2.05, 4.69) is 83.1 Å². The van der Waals surface area contributed by atoms with Gasteiger partial charge in [0.05, 0.1) is 7.11 Å². The zero-order valence-corrected chi connectivity index (χ0v) is 27.4. The number of benzene rings is 2. The van der Waals surface area contributed by atoms with E-state index in [1.807, 2.05) is 25.7 Å². The number of methoxy groups -OCH3 is 1. The summed E-state index contributed by atoms with van der Waals surface area (Å²) >= 11 is 0. The summed E-state index contributed by atoms with van der Waals surface area (Å²) < 4.78 is 11.0. The molecule has 43 heavy (non-hydrogen) atoms. The molecule has 0 spiro atoms. The highest BCUT2D eigenvalue weighted by molar-refractivity contribution is 5.68. The Kier molecular flexibility index (Phi) is 10.0. The molecule has 0 aliphatic carbocycles. The number of carbonyl (C=O) groups is 1. The molecule has 0 aromatic heterocycles. The van der Waals surface area contributed by atoms with E-state index in [1.165, 1.54) is 24.0 Å². The van der Waals surface area contributed by atoms with Crippen LogP contribution in [0.2, 0.25) is 0 Å². The molecule has 2 aromatic carbocycles. The van der Waals surface area contributed by atoms with Gasteiger partial charge in [-0.25, -0.2) is 4.79 Å². The molecule has 2 atom stereocenters. The van der Waals surface area contributed by atoms with Crippen LogP contribution >= 0.6 is 0 Å². The average molecular weight is 591 g/mol. The number of piperidine rings is 2. The smallest absolute Gasteiger partial charge is 0.410 e. The molecule has 0 radical (unpaired) electrons. The monoisotopic (exact) mass is 590 g/mol. The van der Waals surface area contributed by atoms with E-state index in [1.54, 1.807) is 7.11 Å². The molecule has 0 bridgehead atoms. The summed E-state index contributed by atoms with van der Waals surface area (Å²) in [6.45, 7) is 18.7. The normalized spacial score (nSPS) is 23.6. The summed E-state index contributed by atoms with van der Waals surface area (Å²) in [4.78, 5) is 22.7. The van der Waals surface area contributed by atoms with E-state index in [9.17, 15) is 4.79 Å². The molecule has 236 valence electrons. The summed E-state index contributed by atoms with van der Waals surface area (Å²) in [5, 5.41) is 0. The second kappa shape index (κ2) is 13.6. The minimum atomic E-state index is -0.452. The first-order valence-corrected chi connectivity index (χ1v) is 16.4. The van der Waals surface area contributed by atoms with E-state index >= 15 is 0 Å². The third-order valence-electron chi connectivity index (χ3n) is 10.1. The highest BCUT2D eigenvalue weighted by Gasteiger charge is 2.43. The third-order valence-corrected chi connectivity index (χ3v) is 10.1. The van der Waals surface area contributed by atoms with E-state index in [-0.39, 0.29) is 11.6 Å². The maximum absolute atomic E-state index is 12.7. The minimum Gasteiger partial charge on any atom is -0.497 e. The number of rotatable bonds is 7. The zero-order valence-electron chi connectivity index (χ0n) is 27.4. The third kappa shape index (κ3) is 7.92. The van der Waals surface area contributed by atoms with Gasteiger partial charge in [-0.1, -0.05) is 42.5 Å². The standard InChI is InChI=1S/C36H54N4O3/c1-28-26-39(36(5)18-22-38(23-19-36)34(41)43-35(2,3)4)24-25-40(28)33(30-10-8-7-9-11-30)31-16-20-37(21-17-31)27-29-12-14-32(42-6)15-13-29/h7-15,28,31,33H,16-27H2,1-6H3/t28-,33-/m0/s1. The van der Waals surface area contributed by atoms with Crippen LogP contribution in [0.4, 0.5) is 4.79 Å². The summed E-state index contributed by atoms with van der Waals surface area (Å²) in [6.07, 6.45) is 4.26. The van der Waals surface area contributed by atoms with Gasteiger partial charge in [0, 0.05) is 56.9 Å². The molecular weight excluding hydrogens is 536 g/mol. The molecule has 3 fully saturated rings. The second-order valence-electron chi connectivity index (χ2n) is 14.3. The Hall–Kier alpha value is -2.61. The Bertz CT molecular complexity index is 1170. The van der Waals surface area contributed by atoms with Gasteiger partial charge < -0.3 is 14.4 Å². The van der Waals surface area contributed by atoms with Gasteiger partial charge in [0.15, 0.2) is 0 Å². The Morgan fingerprint density at radius 2 is 1.58 bits per heavy atom. The van der Waals surface area contributed by atoms with Gasteiger partial charge in [-0.3, -0.25) is 14.7 Å². The quantitative estimate of drug-likeness (QED) is 0.370. The molecule has 1 amide bonds. The average Bonchev–Trinajstić information content (AvgIpc) is 2.99. The molecule has 5 rings (SSSR count). The Morgan fingerprint density at radius 1 is 0.930 bits per heavy atom. The minimum absolute atomic E-state index is 0.119. The van der Waals surface area contributed by atoms with E-state index in [4.69, 9.17) is 9.47 Å². The van der Waals surface area contributed by atoms with Crippen molar-refractivity contribution in [1.82, 2.24) is 19.6 Å². The van der Waals surface area contributed by atoms with Crippen LogP contribution in [-0.4, -0.2) is 95.8 Å². The highest BCUT2D eigenvalue weighted by atomic mass is 16.6. The Labute approximate surface area is 260 Å². The SMILES string of the molecule is COc1ccc(CN2CCC([C@H](c3ccccc3)N3CCN(C4(C)CCN(C(=O)OC(C)(C)C)CC4)C[C@@H]3C)CC2)cc1. The first kappa shape index (κ1) is 31.8. The number of hydrogen-bond acceptors (Lipinski definition) is 6. The molecule has 3 heterocycles. The van der Waals surface area contributed by atoms with Crippen LogP contribution in [0.5, 0.6) is 5.75 Å². The van der Waals surface area contributed by atoms with E-state index < -0.39 is 5.60 Å². The largest absolute Gasteiger partial charge is 0.497 e. The number of carbonyl (C=O) groups excluding carboxylic acids is 1. The lowest BCUT2D eigenvalue weighted by atomic mass is 9.82. The maximum atomic E-state index is 12.7. The fraction of sp³-hybridized carbons (Fsp3) is 0.639. The topological polar surface area (TPSA) is 48.5 Å². The summed E-state index contributed by atoms with van der Waals surface area (Å²) in [5.74, 6) is 1.57. The van der Waals surface area contributed by atoms with Gasteiger partial charge in [-0.15, -0.1) is 0 Å². The van der Waals surface area contributed by atoms with Crippen molar-refractivity contribution in [3.8, 4) is 5.75 Å². The zero-order chi connectivity index (χ0) is 30.6. The number of likely N-dealkylation sites (tertiary alicyclic amines) is 2. The Morgan fingerprint density at radius 3 is 2.16 bits per heavy atom. The van der Waals surface area contributed by atoms with Crippen molar-refractivity contribution in [2.24, 2.45) is 5.92 Å². The van der Waals surface area contributed by atoms with Crippen LogP contribution in [0.1, 0.15) is 77.5 Å². The van der Waals surface area contributed by atoms with Gasteiger partial charge in [0.1, 0.15) is 11.4 Å². The maximum Gasteiger partial charge on any atom is 0.410 e. The van der Waals surface area contributed by atoms with Crippen LogP contribution in [0.3, 0.4) is 0 Å². The summed E-state index contributed by atoms with van der Waals surface area (Å²) in [7, 11) is 1.72. The lowest BCUT2D eigenvalue weighted by Gasteiger charge is -2.54. The van der Waals surface area contributed by atoms with Crippen molar-refractivity contribution in [2.45, 2.75) is 90.1 Å². The van der Waals surface area contributed by atoms with Crippen LogP contribution < -0.4 is 4.74 Å². The Balaban J connectivity index is 1.20. The van der Waals surface area contributed by atoms with E-state index in [0.29, 0.717) is 18.0 Å². The lowest BCUT2D eigenvalue weighted by molar-refractivity contribution is -0.0486. The van der Waals surface area contributed by atoms with Crippen LogP contribution in [0, 0.1) is 5.92 Å². The molecule has 2 aromatic rings. The molecule has 3 aliphatic heterocycles. The van der Waals surface area contributed by atoms with Crippen LogP contribution in [-0.2, 0) is 11.3 Å². The molecule has 3 aliphatic rings. The number of piperazine rings is 1. The first-order valence-electron chi connectivity index (χ1n) is 16.4. The van der Waals surface area contributed by atoms with Crippen LogP contribution in [0.15, 0.2) is 54.6 Å². The van der Waals surface area contributed by atoms with Crippen molar-refractivity contribution < 1.29 is 14.3 Å². The predicted octanol–water partition coefficient (Wildman–Crippen LogP) is 6.44. The van der Waals surface area contributed by atoms with Crippen molar-refractivity contribution in [3.63, 3.8) is 0 Å². The van der Waals surface area contributed by atoms with E-state index in [0.717, 1.165) is 70.9 Å². The molecule has 7 heteroatoms. The van der Waals surface area contributed by atoms with Crippen LogP contribution in [0.25, 0.3) is 0 Å². The van der Waals surface area contributed by atoms with Crippen molar-refractivity contribution in [1.29, 1.82) is 0 Å². The lowest BCUT2D eigenvalue weighted by Crippen LogP contribution is -2.63. The fourth-order valence-corrected chi connectivity index (χ4v) is 7.49. The fourth-order valence-electron chi connectivity index (χ4n) is 7.49. The number of amides is 1. The molecule has 3 saturated heterocycles. The van der Waals surface area contributed by atoms with Crippen molar-refractivity contribution in [2.75, 3.05) is 52.9 Å². The number of hydrogen-bond donors (Lipinski definition) is 0. The van der Waals surface area contributed by atoms with Gasteiger partial charge in [-0.05, 0) is 103 Å². The predicted molar refractivity (Wildman–Crippen MR) is 173 cm³/mol. The second-order valence-corrected chi connectivity index (χ2v) is 14.3. The molecule has 0 saturated carbocycles. The van der Waals surface area contributed by atoms with Gasteiger partial charge in [0.2, 0.25) is 0 Å². The number of nitrogens with zero attached hydrogens (tertiary/aromatic N) is 4. The summed E-state index contributed by atoms with van der Waals surface area (Å²) in [6, 6.07) is 20.7. The molecule has 0 unspecified atom stereocenters. The highest BCUT2D eigenvalue weighted by Crippen LogP contribution is 2.40. The molecular formula is C36H54N4O3. The van der Waals surface area contributed by atoms with Gasteiger partial charge >= 0.3 is 6.09 Å². The van der Waals surface area contributed by atoms with Gasteiger partial charge in [0.25, 0.3) is 0 Å².